The van der Waals surface area contributed by atoms with Crippen molar-refractivity contribution in [1.29, 1.82) is 0 Å². The van der Waals surface area contributed by atoms with Crippen molar-refractivity contribution >= 4 is 33.2 Å². The molecule has 0 saturated heterocycles. The average molecular weight is 369 g/mol. The summed E-state index contributed by atoms with van der Waals surface area (Å²) in [7, 11) is -3.76. The summed E-state index contributed by atoms with van der Waals surface area (Å²) in [4.78, 5) is 12.1. The number of sulfonamides is 1. The number of halogens is 1. The number of amides is 1. The van der Waals surface area contributed by atoms with Crippen LogP contribution < -0.4 is 15.2 Å². The van der Waals surface area contributed by atoms with Crippen molar-refractivity contribution in [3.05, 3.63) is 53.1 Å². The Morgan fingerprint density at radius 3 is 2.38 bits per heavy atom. The van der Waals surface area contributed by atoms with E-state index in [4.69, 9.17) is 21.5 Å². The summed E-state index contributed by atoms with van der Waals surface area (Å²) in [5.74, 6) is 0.194. The van der Waals surface area contributed by atoms with E-state index in [1.807, 2.05) is 6.92 Å². The van der Waals surface area contributed by atoms with Crippen molar-refractivity contribution in [3.63, 3.8) is 0 Å². The van der Waals surface area contributed by atoms with E-state index in [0.717, 1.165) is 5.56 Å². The third kappa shape index (κ3) is 4.70. The van der Waals surface area contributed by atoms with E-state index in [-0.39, 0.29) is 10.8 Å². The first-order valence-electron chi connectivity index (χ1n) is 7.03. The van der Waals surface area contributed by atoms with Gasteiger partial charge in [0.15, 0.2) is 6.10 Å². The van der Waals surface area contributed by atoms with Gasteiger partial charge in [-0.3, -0.25) is 4.79 Å². The Morgan fingerprint density at radius 1 is 1.21 bits per heavy atom. The molecule has 0 fully saturated rings. The highest BCUT2D eigenvalue weighted by atomic mass is 35.5. The zero-order chi connectivity index (χ0) is 17.9. The SMILES string of the molecule is Cc1cc(Cl)ccc1O[C@@H](C)C(=O)Nc1ccc(S(N)(=O)=O)cc1. The number of rotatable bonds is 5. The fourth-order valence-corrected chi connectivity index (χ4v) is 2.70. The van der Waals surface area contributed by atoms with Crippen molar-refractivity contribution in [2.24, 2.45) is 5.14 Å². The van der Waals surface area contributed by atoms with E-state index in [9.17, 15) is 13.2 Å². The molecule has 1 atom stereocenters. The lowest BCUT2D eigenvalue weighted by Crippen LogP contribution is -2.30. The average Bonchev–Trinajstić information content (AvgIpc) is 2.49. The predicted octanol–water partition coefficient (Wildman–Crippen LogP) is 2.70. The van der Waals surface area contributed by atoms with E-state index in [0.29, 0.717) is 16.5 Å². The van der Waals surface area contributed by atoms with Crippen molar-refractivity contribution in [1.82, 2.24) is 0 Å². The van der Waals surface area contributed by atoms with Crippen LogP contribution in [-0.4, -0.2) is 20.4 Å². The van der Waals surface area contributed by atoms with Gasteiger partial charge in [-0.15, -0.1) is 0 Å². The number of carbonyl (C=O) groups is 1. The summed E-state index contributed by atoms with van der Waals surface area (Å²) >= 11 is 5.88. The minimum absolute atomic E-state index is 0.0263. The molecular weight excluding hydrogens is 352 g/mol. The number of carbonyl (C=O) groups excluding carboxylic acids is 1. The lowest BCUT2D eigenvalue weighted by molar-refractivity contribution is -0.122. The van der Waals surface area contributed by atoms with Gasteiger partial charge >= 0.3 is 0 Å². The molecule has 2 aromatic carbocycles. The Balaban J connectivity index is 2.03. The number of hydrogen-bond acceptors (Lipinski definition) is 4. The van der Waals surface area contributed by atoms with Crippen LogP contribution in [0.5, 0.6) is 5.75 Å². The Hall–Kier alpha value is -2.09. The maximum atomic E-state index is 12.2. The fraction of sp³-hybridized carbons (Fsp3) is 0.188. The highest BCUT2D eigenvalue weighted by Crippen LogP contribution is 2.23. The molecule has 0 aliphatic rings. The maximum absolute atomic E-state index is 12.2. The van der Waals surface area contributed by atoms with Crippen molar-refractivity contribution in [2.45, 2.75) is 24.8 Å². The minimum Gasteiger partial charge on any atom is -0.481 e. The summed E-state index contributed by atoms with van der Waals surface area (Å²) in [5.41, 5.74) is 1.26. The van der Waals surface area contributed by atoms with Gasteiger partial charge in [-0.2, -0.15) is 0 Å². The third-order valence-electron chi connectivity index (χ3n) is 3.26. The number of benzene rings is 2. The Labute approximate surface area is 145 Å². The molecule has 2 aromatic rings. The molecule has 0 unspecified atom stereocenters. The lowest BCUT2D eigenvalue weighted by atomic mass is 10.2. The smallest absolute Gasteiger partial charge is 0.265 e. The van der Waals surface area contributed by atoms with Gasteiger partial charge in [0.2, 0.25) is 10.0 Å². The molecule has 128 valence electrons. The van der Waals surface area contributed by atoms with Crippen LogP contribution in [0.25, 0.3) is 0 Å². The van der Waals surface area contributed by atoms with Gasteiger partial charge in [0.25, 0.3) is 5.91 Å². The van der Waals surface area contributed by atoms with E-state index in [1.165, 1.54) is 24.3 Å². The second-order valence-electron chi connectivity index (χ2n) is 5.23. The number of nitrogens with one attached hydrogen (secondary N) is 1. The first kappa shape index (κ1) is 18.3. The quantitative estimate of drug-likeness (QED) is 0.847. The zero-order valence-corrected chi connectivity index (χ0v) is 14.7. The molecular formula is C16H17ClN2O4S. The van der Waals surface area contributed by atoms with E-state index in [1.54, 1.807) is 25.1 Å². The van der Waals surface area contributed by atoms with Gasteiger partial charge in [0, 0.05) is 10.7 Å². The summed E-state index contributed by atoms with van der Waals surface area (Å²) in [6.07, 6.45) is -0.747. The first-order valence-corrected chi connectivity index (χ1v) is 8.96. The van der Waals surface area contributed by atoms with Crippen molar-refractivity contribution < 1.29 is 17.9 Å². The second kappa shape index (κ2) is 7.21. The lowest BCUT2D eigenvalue weighted by Gasteiger charge is -2.16. The zero-order valence-electron chi connectivity index (χ0n) is 13.1. The first-order chi connectivity index (χ1) is 11.2. The monoisotopic (exact) mass is 368 g/mol. The molecule has 6 nitrogen and oxygen atoms in total. The molecule has 0 spiro atoms. The number of anilines is 1. The number of primary sulfonamides is 1. The van der Waals surface area contributed by atoms with Gasteiger partial charge in [-0.1, -0.05) is 11.6 Å². The summed E-state index contributed by atoms with van der Waals surface area (Å²) in [6, 6.07) is 10.7. The van der Waals surface area contributed by atoms with Crippen LogP contribution in [-0.2, 0) is 14.8 Å². The summed E-state index contributed by atoms with van der Waals surface area (Å²) in [5, 5.41) is 8.26. The van der Waals surface area contributed by atoms with Gasteiger partial charge in [-0.05, 0) is 61.9 Å². The Bertz CT molecular complexity index is 851. The molecule has 8 heteroatoms. The molecule has 0 bridgehead atoms. The fourth-order valence-electron chi connectivity index (χ4n) is 1.96. The topological polar surface area (TPSA) is 98.5 Å². The van der Waals surface area contributed by atoms with Gasteiger partial charge in [0.05, 0.1) is 4.90 Å². The van der Waals surface area contributed by atoms with Crippen molar-refractivity contribution in [3.8, 4) is 5.75 Å². The molecule has 1 amide bonds. The highest BCUT2D eigenvalue weighted by Gasteiger charge is 2.16. The van der Waals surface area contributed by atoms with Crippen LogP contribution in [0.1, 0.15) is 12.5 Å². The Kier molecular flexibility index (Phi) is 5.48. The summed E-state index contributed by atoms with van der Waals surface area (Å²) < 4.78 is 28.0. The highest BCUT2D eigenvalue weighted by molar-refractivity contribution is 7.89. The Morgan fingerprint density at radius 2 is 1.83 bits per heavy atom. The predicted molar refractivity (Wildman–Crippen MR) is 92.7 cm³/mol. The largest absolute Gasteiger partial charge is 0.481 e. The second-order valence-corrected chi connectivity index (χ2v) is 7.23. The van der Waals surface area contributed by atoms with E-state index in [2.05, 4.69) is 5.32 Å². The molecule has 0 radical (unpaired) electrons. The van der Waals surface area contributed by atoms with Gasteiger partial charge in [0.1, 0.15) is 5.75 Å². The maximum Gasteiger partial charge on any atom is 0.265 e. The number of ether oxygens (including phenoxy) is 1. The van der Waals surface area contributed by atoms with E-state index < -0.39 is 16.1 Å². The molecule has 0 saturated carbocycles. The van der Waals surface area contributed by atoms with Gasteiger partial charge in [-0.25, -0.2) is 13.6 Å². The standard InChI is InChI=1S/C16H17ClN2O4S/c1-10-9-12(17)3-8-15(10)23-11(2)16(20)19-13-4-6-14(7-5-13)24(18,21)22/h3-9,11H,1-2H3,(H,19,20)(H2,18,21,22)/t11-/m0/s1. The molecule has 0 aliphatic carbocycles. The number of hydrogen-bond donors (Lipinski definition) is 2. The molecule has 24 heavy (non-hydrogen) atoms. The number of aryl methyl sites for hydroxylation is 1. The molecule has 3 N–H and O–H groups in total. The molecule has 0 heterocycles. The van der Waals surface area contributed by atoms with Crippen LogP contribution in [0.3, 0.4) is 0 Å². The van der Waals surface area contributed by atoms with Crippen LogP contribution in [0.2, 0.25) is 5.02 Å². The van der Waals surface area contributed by atoms with E-state index >= 15 is 0 Å². The number of nitrogens with two attached hydrogens (primary N) is 1. The van der Waals surface area contributed by atoms with Crippen molar-refractivity contribution in [2.75, 3.05) is 5.32 Å². The van der Waals surface area contributed by atoms with Crippen LogP contribution in [0.4, 0.5) is 5.69 Å². The van der Waals surface area contributed by atoms with Gasteiger partial charge < -0.3 is 10.1 Å². The molecule has 0 aliphatic heterocycles. The van der Waals surface area contributed by atoms with Crippen LogP contribution in [0.15, 0.2) is 47.4 Å². The normalized spacial score (nSPS) is 12.5. The minimum atomic E-state index is -3.76. The molecule has 2 rings (SSSR count). The van der Waals surface area contributed by atoms with Crippen LogP contribution in [0, 0.1) is 6.92 Å². The third-order valence-corrected chi connectivity index (χ3v) is 4.42. The summed E-state index contributed by atoms with van der Waals surface area (Å²) in [6.45, 7) is 3.44. The molecule has 0 aromatic heterocycles. The van der Waals surface area contributed by atoms with Crippen LogP contribution >= 0.6 is 11.6 Å².